The number of anilines is 2. The van der Waals surface area contributed by atoms with Crippen molar-refractivity contribution in [3.8, 4) is 5.75 Å². The minimum Gasteiger partial charge on any atom is -0.497 e. The van der Waals surface area contributed by atoms with Gasteiger partial charge in [0.1, 0.15) is 17.4 Å². The summed E-state index contributed by atoms with van der Waals surface area (Å²) in [6.07, 6.45) is 0.604. The molecule has 8 nitrogen and oxygen atoms in total. The Kier molecular flexibility index (Phi) is 9.49. The molecule has 1 aliphatic rings. The lowest BCUT2D eigenvalue weighted by Crippen LogP contribution is -2.36. The number of rotatable bonds is 8. The Hall–Kier alpha value is -5.25. The van der Waals surface area contributed by atoms with Crippen molar-refractivity contribution >= 4 is 29.1 Å². The topological polar surface area (TPSA) is 91.0 Å². The van der Waals surface area contributed by atoms with Crippen molar-refractivity contribution in [2.24, 2.45) is 0 Å². The lowest BCUT2D eigenvalue weighted by atomic mass is 10.1. The van der Waals surface area contributed by atoms with Gasteiger partial charge in [0.15, 0.2) is 0 Å². The second-order valence-electron chi connectivity index (χ2n) is 10.3. The molecular formula is C34H32F2N4O4. The molecule has 2 N–H and O–H groups in total. The van der Waals surface area contributed by atoms with Crippen LogP contribution in [0.1, 0.15) is 43.1 Å². The first-order chi connectivity index (χ1) is 21.3. The van der Waals surface area contributed by atoms with Crippen molar-refractivity contribution in [2.75, 3.05) is 43.5 Å². The molecule has 4 aromatic rings. The molecule has 5 rings (SSSR count). The predicted molar refractivity (Wildman–Crippen MR) is 164 cm³/mol. The van der Waals surface area contributed by atoms with Crippen LogP contribution in [0, 0.1) is 11.6 Å². The Bertz CT molecular complexity index is 1640. The van der Waals surface area contributed by atoms with Crippen molar-refractivity contribution < 1.29 is 27.9 Å². The molecule has 0 aromatic heterocycles. The van der Waals surface area contributed by atoms with Crippen molar-refractivity contribution in [2.45, 2.75) is 13.0 Å². The quantitative estimate of drug-likeness (QED) is 0.279. The van der Waals surface area contributed by atoms with E-state index in [0.29, 0.717) is 60.9 Å². The van der Waals surface area contributed by atoms with Gasteiger partial charge in [-0.15, -0.1) is 0 Å². The summed E-state index contributed by atoms with van der Waals surface area (Å²) in [6, 6.07) is 23.5. The van der Waals surface area contributed by atoms with Gasteiger partial charge < -0.3 is 25.2 Å². The average molecular weight is 599 g/mol. The third-order valence-corrected chi connectivity index (χ3v) is 7.45. The van der Waals surface area contributed by atoms with Crippen molar-refractivity contribution in [1.29, 1.82) is 0 Å². The fraction of sp³-hybridized carbons (Fsp3) is 0.206. The van der Waals surface area contributed by atoms with Crippen LogP contribution < -0.4 is 20.3 Å². The van der Waals surface area contributed by atoms with E-state index in [4.69, 9.17) is 4.74 Å². The zero-order valence-corrected chi connectivity index (χ0v) is 24.2. The smallest absolute Gasteiger partial charge is 0.256 e. The van der Waals surface area contributed by atoms with Crippen LogP contribution in [-0.4, -0.2) is 55.9 Å². The molecule has 0 unspecified atom stereocenters. The number of hydrogen-bond acceptors (Lipinski definition) is 5. The Balaban J connectivity index is 1.37. The lowest BCUT2D eigenvalue weighted by Gasteiger charge is -2.26. The molecular weight excluding hydrogens is 566 g/mol. The molecule has 3 amide bonds. The highest BCUT2D eigenvalue weighted by Gasteiger charge is 2.25. The van der Waals surface area contributed by atoms with Crippen LogP contribution in [0.3, 0.4) is 0 Å². The number of halogens is 2. The SMILES string of the molecule is COc1ccc(C(=O)Nc2ccc(N3CCCN(C(=O)c4ccccc4F)CC3)c(C(=O)NCc3ccc(F)cc3)c2)cc1. The average Bonchev–Trinajstić information content (AvgIpc) is 3.31. The molecule has 226 valence electrons. The van der Waals surface area contributed by atoms with Gasteiger partial charge in [-0.1, -0.05) is 24.3 Å². The fourth-order valence-corrected chi connectivity index (χ4v) is 5.06. The first kappa shape index (κ1) is 30.2. The van der Waals surface area contributed by atoms with Crippen molar-refractivity contribution in [3.63, 3.8) is 0 Å². The molecule has 1 aliphatic heterocycles. The molecule has 0 atom stereocenters. The number of amides is 3. The number of hydrogen-bond donors (Lipinski definition) is 2. The Morgan fingerprint density at radius 2 is 1.55 bits per heavy atom. The van der Waals surface area contributed by atoms with E-state index in [2.05, 4.69) is 10.6 Å². The Morgan fingerprint density at radius 3 is 2.27 bits per heavy atom. The second kappa shape index (κ2) is 13.8. The van der Waals surface area contributed by atoms with Crippen LogP contribution in [0.5, 0.6) is 5.75 Å². The molecule has 0 bridgehead atoms. The zero-order valence-electron chi connectivity index (χ0n) is 24.2. The maximum Gasteiger partial charge on any atom is 0.256 e. The number of ether oxygens (including phenoxy) is 1. The Morgan fingerprint density at radius 1 is 0.795 bits per heavy atom. The van der Waals surface area contributed by atoms with Crippen LogP contribution in [0.15, 0.2) is 91.0 Å². The maximum absolute atomic E-state index is 14.3. The fourth-order valence-electron chi connectivity index (χ4n) is 5.06. The van der Waals surface area contributed by atoms with Gasteiger partial charge in [0, 0.05) is 49.7 Å². The molecule has 1 saturated heterocycles. The number of benzene rings is 4. The van der Waals surface area contributed by atoms with Gasteiger partial charge in [0.05, 0.1) is 18.2 Å². The van der Waals surface area contributed by atoms with Gasteiger partial charge in [-0.3, -0.25) is 14.4 Å². The van der Waals surface area contributed by atoms with E-state index in [1.165, 1.54) is 24.3 Å². The summed E-state index contributed by atoms with van der Waals surface area (Å²) in [4.78, 5) is 43.2. The first-order valence-corrected chi connectivity index (χ1v) is 14.2. The maximum atomic E-state index is 14.3. The number of nitrogens with one attached hydrogen (secondary N) is 2. The first-order valence-electron chi connectivity index (χ1n) is 14.2. The summed E-state index contributed by atoms with van der Waals surface area (Å²) >= 11 is 0. The molecule has 0 aliphatic carbocycles. The summed E-state index contributed by atoms with van der Waals surface area (Å²) in [6.45, 7) is 1.91. The highest BCUT2D eigenvalue weighted by atomic mass is 19.1. The third kappa shape index (κ3) is 7.20. The second-order valence-corrected chi connectivity index (χ2v) is 10.3. The van der Waals surface area contributed by atoms with Crippen molar-refractivity contribution in [3.05, 3.63) is 125 Å². The summed E-state index contributed by atoms with van der Waals surface area (Å²) in [5, 5.41) is 5.74. The van der Waals surface area contributed by atoms with Crippen LogP contribution in [0.4, 0.5) is 20.2 Å². The highest BCUT2D eigenvalue weighted by molar-refractivity contribution is 6.06. The summed E-state index contributed by atoms with van der Waals surface area (Å²) < 4.78 is 32.8. The normalized spacial score (nSPS) is 13.2. The molecule has 4 aromatic carbocycles. The van der Waals surface area contributed by atoms with Gasteiger partial charge in [-0.2, -0.15) is 0 Å². The molecule has 0 radical (unpaired) electrons. The highest BCUT2D eigenvalue weighted by Crippen LogP contribution is 2.27. The largest absolute Gasteiger partial charge is 0.497 e. The molecule has 0 saturated carbocycles. The van der Waals surface area contributed by atoms with E-state index in [1.807, 2.05) is 4.90 Å². The van der Waals surface area contributed by atoms with E-state index in [-0.39, 0.29) is 35.6 Å². The zero-order chi connectivity index (χ0) is 31.1. The minimum atomic E-state index is -0.564. The third-order valence-electron chi connectivity index (χ3n) is 7.45. The molecule has 0 spiro atoms. The summed E-state index contributed by atoms with van der Waals surface area (Å²) in [5.74, 6) is -1.42. The number of methoxy groups -OCH3 is 1. The van der Waals surface area contributed by atoms with Crippen LogP contribution in [0.2, 0.25) is 0 Å². The van der Waals surface area contributed by atoms with E-state index in [1.54, 1.807) is 78.7 Å². The van der Waals surface area contributed by atoms with Gasteiger partial charge in [0.25, 0.3) is 17.7 Å². The number of carbonyl (C=O) groups is 3. The van der Waals surface area contributed by atoms with Crippen LogP contribution in [-0.2, 0) is 6.54 Å². The van der Waals surface area contributed by atoms with Gasteiger partial charge in [-0.25, -0.2) is 8.78 Å². The number of carbonyl (C=O) groups excluding carboxylic acids is 3. The van der Waals surface area contributed by atoms with Crippen LogP contribution >= 0.6 is 0 Å². The summed E-state index contributed by atoms with van der Waals surface area (Å²) in [5.41, 5.74) is 2.55. The lowest BCUT2D eigenvalue weighted by molar-refractivity contribution is 0.0761. The molecule has 1 fully saturated rings. The van der Waals surface area contributed by atoms with Gasteiger partial charge in [0.2, 0.25) is 0 Å². The summed E-state index contributed by atoms with van der Waals surface area (Å²) in [7, 11) is 1.54. The molecule has 1 heterocycles. The van der Waals surface area contributed by atoms with E-state index < -0.39 is 5.82 Å². The van der Waals surface area contributed by atoms with Crippen molar-refractivity contribution in [1.82, 2.24) is 10.2 Å². The Labute approximate surface area is 254 Å². The predicted octanol–water partition coefficient (Wildman–Crippen LogP) is 5.51. The van der Waals surface area contributed by atoms with Gasteiger partial charge >= 0.3 is 0 Å². The van der Waals surface area contributed by atoms with E-state index in [9.17, 15) is 23.2 Å². The molecule has 44 heavy (non-hydrogen) atoms. The van der Waals surface area contributed by atoms with Gasteiger partial charge in [-0.05, 0) is 78.7 Å². The monoisotopic (exact) mass is 598 g/mol. The number of nitrogens with zero attached hydrogens (tertiary/aromatic N) is 2. The van der Waals surface area contributed by atoms with E-state index >= 15 is 0 Å². The van der Waals surface area contributed by atoms with Crippen LogP contribution in [0.25, 0.3) is 0 Å². The standard InChI is InChI=1S/C34H32F2N4O4/c1-44-27-14-9-24(10-15-27)32(41)38-26-13-16-31(29(21-26)33(42)37-22-23-7-11-25(35)12-8-23)39-17-4-18-40(20-19-39)34(43)28-5-2-3-6-30(28)36/h2-3,5-16,21H,4,17-20,22H2,1H3,(H,37,42)(H,38,41). The minimum absolute atomic E-state index is 0.0266. The molecule has 10 heteroatoms. The van der Waals surface area contributed by atoms with E-state index in [0.717, 1.165) is 5.56 Å².